The van der Waals surface area contributed by atoms with E-state index in [0.717, 1.165) is 87.2 Å². The van der Waals surface area contributed by atoms with E-state index < -0.39 is 0 Å². The number of furan rings is 1. The lowest BCUT2D eigenvalue weighted by molar-refractivity contribution is 0.669. The van der Waals surface area contributed by atoms with Crippen molar-refractivity contribution in [2.24, 2.45) is 0 Å². The molecule has 0 atom stereocenters. The molecule has 0 aliphatic heterocycles. The molecule has 5 heterocycles. The molecule has 0 fully saturated rings. The smallest absolute Gasteiger partial charge is 0.220 e. The Morgan fingerprint density at radius 2 is 1.07 bits per heavy atom. The molecule has 0 aliphatic rings. The quantitative estimate of drug-likeness (QED) is 0.132. The topological polar surface area (TPSA) is 76.9 Å². The summed E-state index contributed by atoms with van der Waals surface area (Å²) in [5.74, 6) is 0. The number of para-hydroxylation sites is 2. The van der Waals surface area contributed by atoms with Crippen LogP contribution in [-0.4, -0.2) is 19.1 Å². The highest BCUT2D eigenvalue weighted by Gasteiger charge is 2.33. The summed E-state index contributed by atoms with van der Waals surface area (Å²) in [6.07, 6.45) is 3.70. The second-order valence-electron chi connectivity index (χ2n) is 15.4. The van der Waals surface area contributed by atoms with E-state index in [2.05, 4.69) is 105 Å². The molecule has 0 bridgehead atoms. The van der Waals surface area contributed by atoms with E-state index in [1.807, 2.05) is 85.2 Å². The van der Waals surface area contributed by atoms with Crippen LogP contribution >= 0.6 is 0 Å². The maximum Gasteiger partial charge on any atom is 0.220 e. The minimum absolute atomic E-state index is 0.334. The minimum Gasteiger partial charge on any atom is -0.456 e. The van der Waals surface area contributed by atoms with Gasteiger partial charge in [0.05, 0.1) is 34.5 Å². The Labute approximate surface area is 347 Å². The molecule has 5 aromatic heterocycles. The lowest BCUT2D eigenvalue weighted by atomic mass is 9.88. The van der Waals surface area contributed by atoms with Gasteiger partial charge in [-0.2, -0.15) is 5.26 Å². The maximum absolute atomic E-state index is 11.7. The van der Waals surface area contributed by atoms with Gasteiger partial charge < -0.3 is 8.98 Å². The van der Waals surface area contributed by atoms with Crippen LogP contribution in [0.15, 0.2) is 175 Å². The highest BCUT2D eigenvalue weighted by molar-refractivity contribution is 6.33. The number of rotatable bonds is 4. The van der Waals surface area contributed by atoms with Crippen LogP contribution in [0.3, 0.4) is 0 Å². The van der Waals surface area contributed by atoms with E-state index in [1.54, 1.807) is 0 Å². The van der Waals surface area contributed by atoms with Crippen LogP contribution < -0.4 is 0 Å². The van der Waals surface area contributed by atoms with E-state index in [4.69, 9.17) is 21.0 Å². The van der Waals surface area contributed by atoms with Gasteiger partial charge >= 0.3 is 0 Å². The Morgan fingerprint density at radius 3 is 1.70 bits per heavy atom. The van der Waals surface area contributed by atoms with Crippen molar-refractivity contribution in [2.75, 3.05) is 0 Å². The Hall–Kier alpha value is -8.78. The SMILES string of the molecule is [C-]#[N+]c1c(-c2ccccc2)c(C#N)c(-n2c3ccccc3c3cc4c(cc32)oc2ccccc24)c(-c2ccccc2)c1-n1c2nccc3c4ccccc4c4ccnc1c4c32. The zero-order valence-corrected chi connectivity index (χ0v) is 32.3. The van der Waals surface area contributed by atoms with Gasteiger partial charge in [0.2, 0.25) is 5.69 Å². The fourth-order valence-corrected chi connectivity index (χ4v) is 10.0. The van der Waals surface area contributed by atoms with Crippen LogP contribution in [0.4, 0.5) is 5.69 Å². The zero-order valence-electron chi connectivity index (χ0n) is 32.3. The molecule has 0 amide bonds. The average Bonchev–Trinajstić information content (AvgIpc) is 3.97. The second kappa shape index (κ2) is 12.4. The van der Waals surface area contributed by atoms with Crippen molar-refractivity contribution in [1.29, 1.82) is 5.26 Å². The Balaban J connectivity index is 1.31. The number of hydrogen-bond donors (Lipinski definition) is 0. The molecule has 13 aromatic rings. The summed E-state index contributed by atoms with van der Waals surface area (Å²) in [6, 6.07) is 56.0. The largest absolute Gasteiger partial charge is 0.456 e. The van der Waals surface area contributed by atoms with Crippen LogP contribution in [0.25, 0.3) is 126 Å². The normalized spacial score (nSPS) is 11.9. The molecule has 13 rings (SSSR count). The molecule has 0 saturated carbocycles. The Kier molecular flexibility index (Phi) is 6.73. The molecule has 0 unspecified atom stereocenters. The Bertz CT molecular complexity index is 3980. The summed E-state index contributed by atoms with van der Waals surface area (Å²) in [7, 11) is 0. The van der Waals surface area contributed by atoms with E-state index in [0.29, 0.717) is 45.0 Å². The van der Waals surface area contributed by atoms with Gasteiger partial charge in [0.25, 0.3) is 0 Å². The molecular formula is C54H28N6O. The van der Waals surface area contributed by atoms with E-state index in [-0.39, 0.29) is 0 Å². The van der Waals surface area contributed by atoms with Crippen molar-refractivity contribution < 1.29 is 4.42 Å². The second-order valence-corrected chi connectivity index (χ2v) is 15.4. The van der Waals surface area contributed by atoms with Crippen LogP contribution in [0, 0.1) is 17.9 Å². The zero-order chi connectivity index (χ0) is 40.3. The average molecular weight is 777 g/mol. The van der Waals surface area contributed by atoms with Gasteiger partial charge in [0.15, 0.2) is 0 Å². The lowest BCUT2D eigenvalue weighted by Gasteiger charge is -2.25. The number of benzene rings is 8. The number of aromatic nitrogens is 4. The van der Waals surface area contributed by atoms with E-state index in [1.165, 1.54) is 0 Å². The van der Waals surface area contributed by atoms with Gasteiger partial charge in [-0.1, -0.05) is 121 Å². The summed E-state index contributed by atoms with van der Waals surface area (Å²) >= 11 is 0. The molecule has 0 radical (unpaired) electrons. The molecule has 280 valence electrons. The fourth-order valence-electron chi connectivity index (χ4n) is 10.0. The van der Waals surface area contributed by atoms with Crippen molar-refractivity contribution in [3.8, 4) is 39.7 Å². The van der Waals surface area contributed by atoms with Crippen molar-refractivity contribution in [2.45, 2.75) is 0 Å². The Morgan fingerprint density at radius 1 is 0.492 bits per heavy atom. The van der Waals surface area contributed by atoms with Crippen LogP contribution in [0.1, 0.15) is 5.56 Å². The third kappa shape index (κ3) is 4.38. The van der Waals surface area contributed by atoms with Crippen LogP contribution in [-0.2, 0) is 0 Å². The summed E-state index contributed by atoms with van der Waals surface area (Å²) in [4.78, 5) is 14.7. The lowest BCUT2D eigenvalue weighted by Crippen LogP contribution is -2.09. The summed E-state index contributed by atoms with van der Waals surface area (Å²) < 4.78 is 10.8. The van der Waals surface area contributed by atoms with Crippen molar-refractivity contribution in [1.82, 2.24) is 19.1 Å². The maximum atomic E-state index is 11.7. The highest BCUT2D eigenvalue weighted by atomic mass is 16.3. The number of pyridine rings is 2. The van der Waals surface area contributed by atoms with Crippen LogP contribution in [0.2, 0.25) is 0 Å². The number of hydrogen-bond acceptors (Lipinski definition) is 4. The molecule has 61 heavy (non-hydrogen) atoms. The fraction of sp³-hybridized carbons (Fsp3) is 0. The third-order valence-electron chi connectivity index (χ3n) is 12.4. The molecular weight excluding hydrogens is 749 g/mol. The molecule has 8 aromatic carbocycles. The molecule has 0 saturated heterocycles. The summed E-state index contributed by atoms with van der Waals surface area (Å²) in [6.45, 7) is 9.12. The van der Waals surface area contributed by atoms with Gasteiger partial charge in [-0.15, -0.1) is 0 Å². The summed E-state index contributed by atoms with van der Waals surface area (Å²) in [5.41, 5.74) is 9.53. The third-order valence-corrected chi connectivity index (χ3v) is 12.4. The van der Waals surface area contributed by atoms with Gasteiger partial charge in [0.1, 0.15) is 28.5 Å². The number of nitrogens with zero attached hydrogens (tertiary/aromatic N) is 6. The van der Waals surface area contributed by atoms with Crippen molar-refractivity contribution in [3.63, 3.8) is 0 Å². The predicted octanol–water partition coefficient (Wildman–Crippen LogP) is 14.1. The monoisotopic (exact) mass is 776 g/mol. The molecule has 0 aliphatic carbocycles. The van der Waals surface area contributed by atoms with Crippen molar-refractivity contribution >= 4 is 93.0 Å². The minimum atomic E-state index is 0.334. The number of nitriles is 1. The van der Waals surface area contributed by atoms with Crippen molar-refractivity contribution in [3.05, 3.63) is 187 Å². The first-order valence-corrected chi connectivity index (χ1v) is 20.1. The molecule has 0 spiro atoms. The first kappa shape index (κ1) is 33.2. The van der Waals surface area contributed by atoms with Gasteiger partial charge in [-0.05, 0) is 63.0 Å². The van der Waals surface area contributed by atoms with Gasteiger partial charge in [-0.25, -0.2) is 14.8 Å². The van der Waals surface area contributed by atoms with Gasteiger partial charge in [-0.3, -0.25) is 4.57 Å². The predicted molar refractivity (Wildman–Crippen MR) is 246 cm³/mol. The number of fused-ring (bicyclic) bond motifs is 9. The molecule has 7 nitrogen and oxygen atoms in total. The molecule has 0 N–H and O–H groups in total. The van der Waals surface area contributed by atoms with Crippen LogP contribution in [0.5, 0.6) is 0 Å². The van der Waals surface area contributed by atoms with Gasteiger partial charge in [0, 0.05) is 61.9 Å². The first-order chi connectivity index (χ1) is 30.2. The first-order valence-electron chi connectivity index (χ1n) is 20.1. The van der Waals surface area contributed by atoms with E-state index >= 15 is 0 Å². The standard InChI is InChI=1S/C54H28N6O/c1-56-50-46(31-14-4-2-5-15-31)41(30-55)51(59-42-22-12-10-20-35(42)39-28-40-36-21-11-13-23-44(36)61-45(40)29-43(39)59)47(32-16-6-3-7-17-32)52(50)60-53-48-37(24-26-57-53)33-18-8-9-19-34(33)38-25-27-58-54(60)49(38)48/h2-29H. The van der Waals surface area contributed by atoms with E-state index in [9.17, 15) is 5.26 Å². The molecule has 7 heteroatoms. The summed E-state index contributed by atoms with van der Waals surface area (Å²) in [5, 5.41) is 22.1. The highest BCUT2D eigenvalue weighted by Crippen LogP contribution is 2.53.